The lowest BCUT2D eigenvalue weighted by Gasteiger charge is -2.24. The summed E-state index contributed by atoms with van der Waals surface area (Å²) < 4.78 is 2.00. The van der Waals surface area contributed by atoms with Crippen molar-refractivity contribution in [2.75, 3.05) is 20.1 Å². The van der Waals surface area contributed by atoms with Crippen molar-refractivity contribution in [3.8, 4) is 5.69 Å². The molecular formula is C20H27ClN4O. The fraction of sp³-hybridized carbons (Fsp3) is 0.500. The van der Waals surface area contributed by atoms with E-state index in [0.717, 1.165) is 50.9 Å². The summed E-state index contributed by atoms with van der Waals surface area (Å²) in [7, 11) is 1.95. The van der Waals surface area contributed by atoms with Crippen LogP contribution in [-0.4, -0.2) is 46.8 Å². The minimum absolute atomic E-state index is 0. The number of aromatic nitrogens is 2. The Bertz CT molecular complexity index is 784. The number of aryl methyl sites for hydroxylation is 1. The summed E-state index contributed by atoms with van der Waals surface area (Å²) in [6.45, 7) is 3.78. The van der Waals surface area contributed by atoms with Crippen LogP contribution in [0.5, 0.6) is 0 Å². The second-order valence-electron chi connectivity index (χ2n) is 7.23. The van der Waals surface area contributed by atoms with E-state index in [9.17, 15) is 4.79 Å². The highest BCUT2D eigenvalue weighted by molar-refractivity contribution is 5.94. The van der Waals surface area contributed by atoms with E-state index in [-0.39, 0.29) is 18.3 Å². The van der Waals surface area contributed by atoms with Crippen LogP contribution in [0.15, 0.2) is 24.3 Å². The summed E-state index contributed by atoms with van der Waals surface area (Å²) in [6, 6.07) is 8.68. The van der Waals surface area contributed by atoms with Gasteiger partial charge < -0.3 is 10.2 Å². The number of nitrogens with zero attached hydrogens (tertiary/aromatic N) is 3. The molecule has 0 spiro atoms. The summed E-state index contributed by atoms with van der Waals surface area (Å²) >= 11 is 0. The third-order valence-corrected chi connectivity index (χ3v) is 5.49. The standard InChI is InChI=1S/C20H26N4O.ClH/c1-14-8-10-15(11-9-14)24-18-7-3-6-17(18)19(22-24)20(25)23-12-4-5-16(23)13-21-2;/h8-11,16,21H,3-7,12-13H2,1-2H3;1H. The average Bonchev–Trinajstić information content (AvgIpc) is 3.31. The Labute approximate surface area is 161 Å². The average molecular weight is 375 g/mol. The van der Waals surface area contributed by atoms with E-state index in [0.29, 0.717) is 11.7 Å². The zero-order valence-corrected chi connectivity index (χ0v) is 16.3. The molecule has 2 heterocycles. The zero-order valence-electron chi connectivity index (χ0n) is 15.5. The van der Waals surface area contributed by atoms with Crippen molar-refractivity contribution >= 4 is 18.3 Å². The van der Waals surface area contributed by atoms with Crippen LogP contribution in [0.3, 0.4) is 0 Å². The molecule has 2 aliphatic rings. The summed E-state index contributed by atoms with van der Waals surface area (Å²) in [5.74, 6) is 0.113. The van der Waals surface area contributed by atoms with Crippen LogP contribution in [0.4, 0.5) is 0 Å². The lowest BCUT2D eigenvalue weighted by molar-refractivity contribution is 0.0729. The van der Waals surface area contributed by atoms with E-state index < -0.39 is 0 Å². The van der Waals surface area contributed by atoms with Gasteiger partial charge in [-0.05, 0) is 58.2 Å². The molecule has 6 heteroatoms. The van der Waals surface area contributed by atoms with E-state index in [4.69, 9.17) is 5.10 Å². The molecule has 1 fully saturated rings. The van der Waals surface area contributed by atoms with Crippen LogP contribution in [-0.2, 0) is 12.8 Å². The van der Waals surface area contributed by atoms with Crippen LogP contribution in [0.25, 0.3) is 5.69 Å². The molecule has 1 amide bonds. The molecule has 2 aromatic rings. The van der Waals surface area contributed by atoms with Gasteiger partial charge in [-0.15, -0.1) is 12.4 Å². The Kier molecular flexibility index (Phi) is 5.68. The Morgan fingerprint density at radius 3 is 2.73 bits per heavy atom. The van der Waals surface area contributed by atoms with E-state index in [1.807, 2.05) is 16.6 Å². The minimum atomic E-state index is 0. The molecule has 5 nitrogen and oxygen atoms in total. The maximum absolute atomic E-state index is 13.2. The van der Waals surface area contributed by atoms with Gasteiger partial charge in [-0.3, -0.25) is 4.79 Å². The predicted octanol–water partition coefficient (Wildman–Crippen LogP) is 2.92. The maximum Gasteiger partial charge on any atom is 0.274 e. The molecule has 4 rings (SSSR count). The molecule has 1 saturated heterocycles. The number of amides is 1. The summed E-state index contributed by atoms with van der Waals surface area (Å²) in [5, 5.41) is 7.99. The van der Waals surface area contributed by atoms with Gasteiger partial charge in [0.15, 0.2) is 5.69 Å². The number of rotatable bonds is 4. The van der Waals surface area contributed by atoms with Crippen molar-refractivity contribution in [2.24, 2.45) is 0 Å². The monoisotopic (exact) mass is 374 g/mol. The number of carbonyl (C=O) groups excluding carboxylic acids is 1. The van der Waals surface area contributed by atoms with Crippen LogP contribution in [0.2, 0.25) is 0 Å². The van der Waals surface area contributed by atoms with Crippen molar-refractivity contribution in [3.05, 3.63) is 46.8 Å². The number of likely N-dealkylation sites (N-methyl/N-ethyl adjacent to an activating group) is 1. The first kappa shape index (κ1) is 18.9. The first-order valence-electron chi connectivity index (χ1n) is 9.32. The van der Waals surface area contributed by atoms with Crippen molar-refractivity contribution < 1.29 is 4.79 Å². The molecule has 1 aromatic heterocycles. The van der Waals surface area contributed by atoms with Gasteiger partial charge in [-0.25, -0.2) is 4.68 Å². The maximum atomic E-state index is 13.2. The molecule has 1 aliphatic heterocycles. The van der Waals surface area contributed by atoms with Gasteiger partial charge in [-0.2, -0.15) is 5.10 Å². The molecule has 1 N–H and O–H groups in total. The fourth-order valence-electron chi connectivity index (χ4n) is 4.20. The molecule has 1 atom stereocenters. The van der Waals surface area contributed by atoms with Crippen LogP contribution in [0.1, 0.15) is 46.6 Å². The van der Waals surface area contributed by atoms with Gasteiger partial charge >= 0.3 is 0 Å². The minimum Gasteiger partial charge on any atom is -0.333 e. The Morgan fingerprint density at radius 2 is 2.00 bits per heavy atom. The number of carbonyl (C=O) groups is 1. The Hall–Kier alpha value is -1.85. The first-order valence-corrected chi connectivity index (χ1v) is 9.32. The lowest BCUT2D eigenvalue weighted by Crippen LogP contribution is -2.41. The number of halogens is 1. The van der Waals surface area contributed by atoms with E-state index in [2.05, 4.69) is 36.5 Å². The van der Waals surface area contributed by atoms with Gasteiger partial charge in [0.2, 0.25) is 0 Å². The largest absolute Gasteiger partial charge is 0.333 e. The second-order valence-corrected chi connectivity index (χ2v) is 7.23. The van der Waals surface area contributed by atoms with E-state index in [1.54, 1.807) is 0 Å². The van der Waals surface area contributed by atoms with E-state index in [1.165, 1.54) is 16.8 Å². The van der Waals surface area contributed by atoms with Gasteiger partial charge in [0.25, 0.3) is 5.91 Å². The van der Waals surface area contributed by atoms with Crippen molar-refractivity contribution in [1.29, 1.82) is 0 Å². The molecule has 26 heavy (non-hydrogen) atoms. The molecule has 0 saturated carbocycles. The third kappa shape index (κ3) is 3.26. The molecule has 140 valence electrons. The number of nitrogens with one attached hydrogen (secondary N) is 1. The van der Waals surface area contributed by atoms with E-state index >= 15 is 0 Å². The Morgan fingerprint density at radius 1 is 1.23 bits per heavy atom. The predicted molar refractivity (Wildman–Crippen MR) is 106 cm³/mol. The second kappa shape index (κ2) is 7.80. The quantitative estimate of drug-likeness (QED) is 0.895. The molecule has 1 aliphatic carbocycles. The molecular weight excluding hydrogens is 348 g/mol. The number of likely N-dealkylation sites (tertiary alicyclic amines) is 1. The topological polar surface area (TPSA) is 50.2 Å². The first-order chi connectivity index (χ1) is 12.2. The third-order valence-electron chi connectivity index (χ3n) is 5.49. The number of fused-ring (bicyclic) bond motifs is 1. The molecule has 1 aromatic carbocycles. The molecule has 0 radical (unpaired) electrons. The van der Waals surface area contributed by atoms with Gasteiger partial charge in [-0.1, -0.05) is 17.7 Å². The van der Waals surface area contributed by atoms with Crippen LogP contribution < -0.4 is 5.32 Å². The van der Waals surface area contributed by atoms with Gasteiger partial charge in [0.1, 0.15) is 0 Å². The molecule has 0 bridgehead atoms. The summed E-state index contributed by atoms with van der Waals surface area (Å²) in [6.07, 6.45) is 5.24. The lowest BCUT2D eigenvalue weighted by atomic mass is 10.1. The number of hydrogen-bond acceptors (Lipinski definition) is 3. The van der Waals surface area contributed by atoms with Crippen molar-refractivity contribution in [2.45, 2.75) is 45.1 Å². The Balaban J connectivity index is 0.00000196. The van der Waals surface area contributed by atoms with Gasteiger partial charge in [0, 0.05) is 30.4 Å². The highest BCUT2D eigenvalue weighted by Crippen LogP contribution is 2.30. The molecule has 1 unspecified atom stereocenters. The number of benzene rings is 1. The van der Waals surface area contributed by atoms with Crippen LogP contribution in [0, 0.1) is 6.92 Å². The van der Waals surface area contributed by atoms with Crippen LogP contribution >= 0.6 is 12.4 Å². The summed E-state index contributed by atoms with van der Waals surface area (Å²) in [5.41, 5.74) is 5.35. The highest BCUT2D eigenvalue weighted by Gasteiger charge is 2.34. The number of hydrogen-bond donors (Lipinski definition) is 1. The zero-order chi connectivity index (χ0) is 17.4. The fourth-order valence-corrected chi connectivity index (χ4v) is 4.20. The van der Waals surface area contributed by atoms with Crippen molar-refractivity contribution in [3.63, 3.8) is 0 Å². The highest BCUT2D eigenvalue weighted by atomic mass is 35.5. The SMILES string of the molecule is CNCC1CCCN1C(=O)c1nn(-c2ccc(C)cc2)c2c1CCC2.Cl. The summed E-state index contributed by atoms with van der Waals surface area (Å²) in [4.78, 5) is 15.2. The van der Waals surface area contributed by atoms with Gasteiger partial charge in [0.05, 0.1) is 5.69 Å². The normalized spacial score (nSPS) is 18.7. The smallest absolute Gasteiger partial charge is 0.274 e. The van der Waals surface area contributed by atoms with Crippen molar-refractivity contribution in [1.82, 2.24) is 20.0 Å².